The first-order valence-electron chi connectivity index (χ1n) is 9.78. The first kappa shape index (κ1) is 26.6. The minimum absolute atomic E-state index is 0.103. The summed E-state index contributed by atoms with van der Waals surface area (Å²) < 4.78 is 41.2. The van der Waals surface area contributed by atoms with Crippen LogP contribution in [0.2, 0.25) is 0 Å². The van der Waals surface area contributed by atoms with Gasteiger partial charge in [0.05, 0.1) is 24.2 Å². The zero-order valence-electron chi connectivity index (χ0n) is 18.2. The van der Waals surface area contributed by atoms with Crippen LogP contribution in [0, 0.1) is 10.1 Å². The molecule has 17 nitrogen and oxygen atoms in total. The van der Waals surface area contributed by atoms with Crippen molar-refractivity contribution in [1.29, 1.82) is 0 Å². The van der Waals surface area contributed by atoms with Crippen molar-refractivity contribution < 1.29 is 46.8 Å². The van der Waals surface area contributed by atoms with Crippen LogP contribution in [-0.2, 0) is 24.0 Å². The Kier molecular flexibility index (Phi) is 7.65. The molecule has 1 fully saturated rings. The highest BCUT2D eigenvalue weighted by molar-refractivity contribution is 7.85. The molecule has 1 aliphatic heterocycles. The lowest BCUT2D eigenvalue weighted by atomic mass is 10.1. The molecule has 3 rings (SSSR count). The maximum Gasteiger partial charge on any atom is 0.362 e. The second kappa shape index (κ2) is 10.3. The number of ether oxygens (including phenoxy) is 2. The molecule has 18 heteroatoms. The fraction of sp³-hybridized carbons (Fsp3) is 0.333. The lowest BCUT2D eigenvalue weighted by Gasteiger charge is -2.16. The molecule has 1 unspecified atom stereocenters. The van der Waals surface area contributed by atoms with Gasteiger partial charge < -0.3 is 25.4 Å². The van der Waals surface area contributed by atoms with Gasteiger partial charge >= 0.3 is 22.0 Å². The van der Waals surface area contributed by atoms with Crippen LogP contribution in [0.15, 0.2) is 35.3 Å². The molecule has 5 N–H and O–H groups in total. The van der Waals surface area contributed by atoms with Crippen LogP contribution in [0.1, 0.15) is 26.9 Å². The van der Waals surface area contributed by atoms with E-state index in [1.165, 1.54) is 10.8 Å². The third-order valence-electron chi connectivity index (χ3n) is 4.88. The van der Waals surface area contributed by atoms with Crippen molar-refractivity contribution in [2.24, 2.45) is 0 Å². The molecule has 0 radical (unpaired) electrons. The van der Waals surface area contributed by atoms with Crippen molar-refractivity contribution >= 4 is 33.7 Å². The molecular weight excluding hydrogens is 510 g/mol. The van der Waals surface area contributed by atoms with E-state index in [1.54, 1.807) is 0 Å². The zero-order chi connectivity index (χ0) is 26.8. The Morgan fingerprint density at radius 1 is 1.28 bits per heavy atom. The maximum atomic E-state index is 12.4. The predicted molar refractivity (Wildman–Crippen MR) is 116 cm³/mol. The number of carbonyl (C=O) groups excluding carboxylic acids is 2. The predicted octanol–water partition coefficient (Wildman–Crippen LogP) is -2.17. The zero-order valence-corrected chi connectivity index (χ0v) is 19.0. The largest absolute Gasteiger partial charge is 0.465 e. The highest BCUT2D eigenvalue weighted by atomic mass is 32.2. The monoisotopic (exact) mass is 529 g/mol. The molecule has 1 aromatic heterocycles. The Bertz CT molecular complexity index is 1360. The van der Waals surface area contributed by atoms with Gasteiger partial charge in [0.25, 0.3) is 11.6 Å². The number of nitrogens with two attached hydrogens (primary N) is 1. The normalized spacial score (nSPS) is 21.6. The summed E-state index contributed by atoms with van der Waals surface area (Å²) in [4.78, 5) is 49.7. The number of nitro groups is 1. The summed E-state index contributed by atoms with van der Waals surface area (Å²) >= 11 is 0. The number of carbonyl (C=O) groups is 2. The van der Waals surface area contributed by atoms with Crippen LogP contribution >= 0.6 is 0 Å². The van der Waals surface area contributed by atoms with Gasteiger partial charge in [-0.15, -0.1) is 0 Å². The molecule has 2 aromatic rings. The van der Waals surface area contributed by atoms with Crippen LogP contribution in [-0.4, -0.2) is 77.0 Å². The SMILES string of the molecule is COC(=O)c1cc(C(=O)NS(=O)(=O)OC[C@H]2OC(n3ccc(N)nc3=O)[C@H](O)[C@@H]2O)cc([N+](=O)[O-])c1. The van der Waals surface area contributed by atoms with E-state index < -0.39 is 75.2 Å². The van der Waals surface area contributed by atoms with E-state index >= 15 is 0 Å². The van der Waals surface area contributed by atoms with Crippen molar-refractivity contribution in [1.82, 2.24) is 14.3 Å². The van der Waals surface area contributed by atoms with Gasteiger partial charge in [0.15, 0.2) is 6.23 Å². The van der Waals surface area contributed by atoms with E-state index in [4.69, 9.17) is 10.5 Å². The van der Waals surface area contributed by atoms with Crippen molar-refractivity contribution in [3.05, 3.63) is 62.2 Å². The van der Waals surface area contributed by atoms with Crippen molar-refractivity contribution in [2.45, 2.75) is 24.5 Å². The number of aliphatic hydroxyl groups excluding tert-OH is 2. The number of anilines is 1. The molecule has 0 bridgehead atoms. The van der Waals surface area contributed by atoms with Crippen LogP contribution in [0.5, 0.6) is 0 Å². The average Bonchev–Trinajstić information content (AvgIpc) is 3.10. The van der Waals surface area contributed by atoms with Gasteiger partial charge in [0.1, 0.15) is 24.1 Å². The van der Waals surface area contributed by atoms with Crippen LogP contribution < -0.4 is 16.1 Å². The summed E-state index contributed by atoms with van der Waals surface area (Å²) in [5, 5.41) is 31.5. The Balaban J connectivity index is 1.71. The van der Waals surface area contributed by atoms with Gasteiger partial charge in [-0.3, -0.25) is 23.7 Å². The van der Waals surface area contributed by atoms with Gasteiger partial charge in [0.2, 0.25) is 0 Å². The van der Waals surface area contributed by atoms with Crippen molar-refractivity contribution in [2.75, 3.05) is 19.5 Å². The topological polar surface area (TPSA) is 253 Å². The van der Waals surface area contributed by atoms with Gasteiger partial charge in [-0.2, -0.15) is 13.4 Å². The molecule has 1 amide bonds. The second-order valence-corrected chi connectivity index (χ2v) is 8.62. The van der Waals surface area contributed by atoms with Crippen LogP contribution in [0.4, 0.5) is 11.5 Å². The number of aliphatic hydroxyl groups is 2. The standard InChI is InChI=1S/C18H19N5O12S/c1-33-17(27)9-4-8(5-10(6-9)23(29)30)15(26)21-36(31,32)34-7-11-13(24)14(25)16(35-11)22-3-2-12(19)20-18(22)28/h2-6,11,13-14,16,24-25H,7H2,1H3,(H,21,26)(H2,19,20,28)/t11-,13-,14-,16?/m1/s1. The van der Waals surface area contributed by atoms with Gasteiger partial charge in [0, 0.05) is 23.9 Å². The van der Waals surface area contributed by atoms with Crippen LogP contribution in [0.3, 0.4) is 0 Å². The fourth-order valence-electron chi connectivity index (χ4n) is 3.16. The maximum absolute atomic E-state index is 12.4. The molecule has 1 aliphatic rings. The van der Waals surface area contributed by atoms with Crippen molar-refractivity contribution in [3.63, 3.8) is 0 Å². The number of aromatic nitrogens is 2. The highest BCUT2D eigenvalue weighted by Crippen LogP contribution is 2.29. The number of nitrogens with one attached hydrogen (secondary N) is 1. The van der Waals surface area contributed by atoms with E-state index in [0.717, 1.165) is 36.1 Å². The van der Waals surface area contributed by atoms with Gasteiger partial charge in [-0.05, 0) is 12.1 Å². The molecule has 0 saturated carbocycles. The number of esters is 1. The lowest BCUT2D eigenvalue weighted by Crippen LogP contribution is -2.38. The number of nitro benzene ring substituents is 1. The number of hydrogen-bond acceptors (Lipinski definition) is 14. The summed E-state index contributed by atoms with van der Waals surface area (Å²) in [5.74, 6) is -2.50. The van der Waals surface area contributed by atoms with E-state index in [-0.39, 0.29) is 11.4 Å². The number of rotatable bonds is 8. The number of amides is 1. The first-order valence-corrected chi connectivity index (χ1v) is 11.2. The number of nitrogen functional groups attached to an aromatic ring is 1. The molecular formula is C18H19N5O12S. The smallest absolute Gasteiger partial charge is 0.362 e. The highest BCUT2D eigenvalue weighted by Gasteiger charge is 2.45. The summed E-state index contributed by atoms with van der Waals surface area (Å²) in [7, 11) is -3.88. The number of non-ortho nitro benzene ring substituents is 1. The molecule has 1 aromatic carbocycles. The Morgan fingerprint density at radius 2 is 1.94 bits per heavy atom. The number of methoxy groups -OCH3 is 1. The van der Waals surface area contributed by atoms with E-state index in [0.29, 0.717) is 0 Å². The quantitative estimate of drug-likeness (QED) is 0.161. The Hall–Kier alpha value is -3.97. The molecule has 0 aliphatic carbocycles. The summed E-state index contributed by atoms with van der Waals surface area (Å²) in [6.07, 6.45) is -5.16. The lowest BCUT2D eigenvalue weighted by molar-refractivity contribution is -0.384. The van der Waals surface area contributed by atoms with Gasteiger partial charge in [-0.1, -0.05) is 0 Å². The Labute approximate surface area is 201 Å². The molecule has 0 spiro atoms. The van der Waals surface area contributed by atoms with E-state index in [1.807, 2.05) is 0 Å². The van der Waals surface area contributed by atoms with Crippen LogP contribution in [0.25, 0.3) is 0 Å². The van der Waals surface area contributed by atoms with Gasteiger partial charge in [-0.25, -0.2) is 14.3 Å². The fourth-order valence-corrected chi connectivity index (χ4v) is 3.88. The minimum atomic E-state index is -4.88. The number of hydrogen-bond donors (Lipinski definition) is 4. The second-order valence-electron chi connectivity index (χ2n) is 7.28. The molecule has 4 atom stereocenters. The number of nitrogens with zero attached hydrogens (tertiary/aromatic N) is 3. The van der Waals surface area contributed by atoms with E-state index in [2.05, 4.69) is 13.9 Å². The van der Waals surface area contributed by atoms with Crippen molar-refractivity contribution in [3.8, 4) is 0 Å². The molecule has 194 valence electrons. The average molecular weight is 529 g/mol. The molecule has 1 saturated heterocycles. The summed E-state index contributed by atoms with van der Waals surface area (Å²) in [6, 6.07) is 3.65. The summed E-state index contributed by atoms with van der Waals surface area (Å²) in [5.41, 5.74) is 2.85. The minimum Gasteiger partial charge on any atom is -0.465 e. The number of benzene rings is 1. The third-order valence-corrected chi connectivity index (χ3v) is 5.76. The molecule has 2 heterocycles. The Morgan fingerprint density at radius 3 is 2.56 bits per heavy atom. The first-order chi connectivity index (χ1) is 16.8. The summed E-state index contributed by atoms with van der Waals surface area (Å²) in [6.45, 7) is -0.906. The third kappa shape index (κ3) is 5.80. The van der Waals surface area contributed by atoms with E-state index in [9.17, 15) is 43.1 Å². The molecule has 36 heavy (non-hydrogen) atoms.